The molecule has 1 atom stereocenters. The molecule has 138 valence electrons. The zero-order valence-electron chi connectivity index (χ0n) is 15.7. The van der Waals surface area contributed by atoms with E-state index in [2.05, 4.69) is 20.9 Å². The first-order valence-corrected chi connectivity index (χ1v) is 10.1. The third-order valence-corrected chi connectivity index (χ3v) is 6.97. The van der Waals surface area contributed by atoms with Crippen molar-refractivity contribution in [2.45, 2.75) is 38.6 Å². The zero-order valence-corrected chi connectivity index (χ0v) is 15.7. The number of methoxy groups -OCH3 is 1. The van der Waals surface area contributed by atoms with Crippen LogP contribution in [0.2, 0.25) is 0 Å². The second-order valence-electron chi connectivity index (χ2n) is 8.64. The maximum Gasteiger partial charge on any atom is 0.0508 e. The predicted molar refractivity (Wildman–Crippen MR) is 100 cm³/mol. The first-order chi connectivity index (χ1) is 12.3. The SMILES string of the molecule is COCC1CN(Cc2cccnc2)CC12CCN(CC1CCC1)CC2. The van der Waals surface area contributed by atoms with E-state index in [0.717, 1.165) is 19.1 Å². The van der Waals surface area contributed by atoms with Gasteiger partial charge in [0.2, 0.25) is 0 Å². The third kappa shape index (κ3) is 3.91. The highest BCUT2D eigenvalue weighted by molar-refractivity contribution is 5.10. The molecule has 0 bridgehead atoms. The summed E-state index contributed by atoms with van der Waals surface area (Å²) in [5.41, 5.74) is 1.80. The third-order valence-electron chi connectivity index (χ3n) is 6.97. The largest absolute Gasteiger partial charge is 0.384 e. The van der Waals surface area contributed by atoms with Crippen LogP contribution in [0.25, 0.3) is 0 Å². The van der Waals surface area contributed by atoms with Crippen LogP contribution >= 0.6 is 0 Å². The number of ether oxygens (including phenoxy) is 1. The molecule has 2 saturated heterocycles. The van der Waals surface area contributed by atoms with Crippen LogP contribution in [0.5, 0.6) is 0 Å². The summed E-state index contributed by atoms with van der Waals surface area (Å²) in [6, 6.07) is 4.25. The Morgan fingerprint density at radius 2 is 2.08 bits per heavy atom. The van der Waals surface area contributed by atoms with E-state index < -0.39 is 0 Å². The van der Waals surface area contributed by atoms with Gasteiger partial charge in [0.25, 0.3) is 0 Å². The minimum absolute atomic E-state index is 0.467. The lowest BCUT2D eigenvalue weighted by molar-refractivity contribution is 0.0281. The highest BCUT2D eigenvalue weighted by Gasteiger charge is 2.47. The van der Waals surface area contributed by atoms with E-state index in [9.17, 15) is 0 Å². The average molecular weight is 344 g/mol. The Labute approximate surface area is 152 Å². The van der Waals surface area contributed by atoms with Crippen molar-refractivity contribution in [2.75, 3.05) is 46.4 Å². The van der Waals surface area contributed by atoms with E-state index in [-0.39, 0.29) is 0 Å². The maximum atomic E-state index is 5.62. The molecular formula is C21H33N3O. The van der Waals surface area contributed by atoms with Crippen LogP contribution in [-0.2, 0) is 11.3 Å². The number of pyridine rings is 1. The Hall–Kier alpha value is -0.970. The summed E-state index contributed by atoms with van der Waals surface area (Å²) in [6.07, 6.45) is 11.0. The number of likely N-dealkylation sites (tertiary alicyclic amines) is 2. The Balaban J connectivity index is 1.37. The molecule has 3 fully saturated rings. The van der Waals surface area contributed by atoms with Crippen molar-refractivity contribution in [1.29, 1.82) is 0 Å². The smallest absolute Gasteiger partial charge is 0.0508 e. The van der Waals surface area contributed by atoms with E-state index in [1.54, 1.807) is 0 Å². The molecule has 1 unspecified atom stereocenters. The standard InChI is InChI=1S/C21H33N3O/c1-25-16-20-15-24(14-19-6-3-9-22-12-19)17-21(20)7-10-23(11-8-21)13-18-4-2-5-18/h3,6,9,12,18,20H,2,4-5,7-8,10-11,13-17H2,1H3. The molecule has 2 aliphatic heterocycles. The summed E-state index contributed by atoms with van der Waals surface area (Å²) in [7, 11) is 1.86. The van der Waals surface area contributed by atoms with Crippen LogP contribution in [0.4, 0.5) is 0 Å². The fourth-order valence-electron chi connectivity index (χ4n) is 5.23. The van der Waals surface area contributed by atoms with Crippen LogP contribution in [-0.4, -0.2) is 61.2 Å². The van der Waals surface area contributed by atoms with Gasteiger partial charge in [0.15, 0.2) is 0 Å². The van der Waals surface area contributed by atoms with Crippen molar-refractivity contribution in [2.24, 2.45) is 17.3 Å². The molecule has 4 rings (SSSR count). The fourth-order valence-corrected chi connectivity index (χ4v) is 5.23. The molecule has 3 heterocycles. The Bertz CT molecular complexity index is 537. The number of rotatable bonds is 6. The minimum Gasteiger partial charge on any atom is -0.384 e. The Morgan fingerprint density at radius 1 is 1.24 bits per heavy atom. The van der Waals surface area contributed by atoms with E-state index in [1.165, 1.54) is 70.4 Å². The summed E-state index contributed by atoms with van der Waals surface area (Å²) >= 11 is 0. The van der Waals surface area contributed by atoms with Gasteiger partial charge in [-0.3, -0.25) is 9.88 Å². The van der Waals surface area contributed by atoms with Crippen molar-refractivity contribution in [1.82, 2.24) is 14.8 Å². The van der Waals surface area contributed by atoms with E-state index in [4.69, 9.17) is 4.74 Å². The molecule has 25 heavy (non-hydrogen) atoms. The number of aromatic nitrogens is 1. The summed E-state index contributed by atoms with van der Waals surface area (Å²) in [6.45, 7) is 8.27. The normalized spacial score (nSPS) is 27.6. The molecule has 1 aromatic rings. The van der Waals surface area contributed by atoms with Crippen LogP contribution < -0.4 is 0 Å². The lowest BCUT2D eigenvalue weighted by Crippen LogP contribution is -2.46. The second-order valence-corrected chi connectivity index (χ2v) is 8.64. The van der Waals surface area contributed by atoms with Crippen molar-refractivity contribution in [3.8, 4) is 0 Å². The number of hydrogen-bond acceptors (Lipinski definition) is 4. The molecule has 1 aromatic heterocycles. The summed E-state index contributed by atoms with van der Waals surface area (Å²) in [4.78, 5) is 9.66. The number of piperidine rings is 1. The maximum absolute atomic E-state index is 5.62. The fraction of sp³-hybridized carbons (Fsp3) is 0.762. The first-order valence-electron chi connectivity index (χ1n) is 10.1. The van der Waals surface area contributed by atoms with Gasteiger partial charge in [-0.1, -0.05) is 12.5 Å². The molecular weight excluding hydrogens is 310 g/mol. The van der Waals surface area contributed by atoms with Gasteiger partial charge >= 0.3 is 0 Å². The lowest BCUT2D eigenvalue weighted by Gasteiger charge is -2.44. The van der Waals surface area contributed by atoms with Crippen LogP contribution in [0.15, 0.2) is 24.5 Å². The van der Waals surface area contributed by atoms with Crippen molar-refractivity contribution >= 4 is 0 Å². The molecule has 0 aromatic carbocycles. The van der Waals surface area contributed by atoms with Gasteiger partial charge in [0, 0.05) is 51.6 Å². The highest BCUT2D eigenvalue weighted by Crippen LogP contribution is 2.45. The predicted octanol–water partition coefficient (Wildman–Crippen LogP) is 3.04. The van der Waals surface area contributed by atoms with E-state index in [0.29, 0.717) is 11.3 Å². The first kappa shape index (κ1) is 17.4. The van der Waals surface area contributed by atoms with E-state index >= 15 is 0 Å². The van der Waals surface area contributed by atoms with Crippen molar-refractivity contribution in [3.63, 3.8) is 0 Å². The molecule has 1 spiro atoms. The average Bonchev–Trinajstić information content (AvgIpc) is 2.91. The zero-order chi connectivity index (χ0) is 17.1. The topological polar surface area (TPSA) is 28.6 Å². The summed E-state index contributed by atoms with van der Waals surface area (Å²) in [5.74, 6) is 1.68. The van der Waals surface area contributed by atoms with Crippen molar-refractivity contribution in [3.05, 3.63) is 30.1 Å². The Morgan fingerprint density at radius 3 is 2.72 bits per heavy atom. The molecule has 0 radical (unpaired) electrons. The number of hydrogen-bond donors (Lipinski definition) is 0. The van der Waals surface area contributed by atoms with Gasteiger partial charge in [-0.05, 0) is 61.7 Å². The van der Waals surface area contributed by atoms with Crippen LogP contribution in [0.3, 0.4) is 0 Å². The lowest BCUT2D eigenvalue weighted by atomic mass is 9.71. The van der Waals surface area contributed by atoms with Gasteiger partial charge in [-0.2, -0.15) is 0 Å². The van der Waals surface area contributed by atoms with Gasteiger partial charge in [-0.25, -0.2) is 0 Å². The van der Waals surface area contributed by atoms with Crippen LogP contribution in [0, 0.1) is 17.3 Å². The monoisotopic (exact) mass is 343 g/mol. The molecule has 1 saturated carbocycles. The van der Waals surface area contributed by atoms with Crippen LogP contribution in [0.1, 0.15) is 37.7 Å². The Kier molecular flexibility index (Phi) is 5.39. The van der Waals surface area contributed by atoms with Gasteiger partial charge in [-0.15, -0.1) is 0 Å². The summed E-state index contributed by atoms with van der Waals surface area (Å²) < 4.78 is 5.62. The number of nitrogens with zero attached hydrogens (tertiary/aromatic N) is 3. The van der Waals surface area contributed by atoms with Gasteiger partial charge < -0.3 is 9.64 Å². The van der Waals surface area contributed by atoms with Crippen molar-refractivity contribution < 1.29 is 4.74 Å². The minimum atomic E-state index is 0.467. The molecule has 4 nitrogen and oxygen atoms in total. The highest BCUT2D eigenvalue weighted by atomic mass is 16.5. The van der Waals surface area contributed by atoms with Gasteiger partial charge in [0.05, 0.1) is 6.61 Å². The van der Waals surface area contributed by atoms with E-state index in [1.807, 2.05) is 25.6 Å². The second kappa shape index (κ2) is 7.73. The molecule has 1 aliphatic carbocycles. The quantitative estimate of drug-likeness (QED) is 0.794. The molecule has 0 N–H and O–H groups in total. The van der Waals surface area contributed by atoms with Gasteiger partial charge in [0.1, 0.15) is 0 Å². The summed E-state index contributed by atoms with van der Waals surface area (Å²) in [5, 5.41) is 0. The molecule has 3 aliphatic rings. The molecule has 4 heteroatoms. The molecule has 0 amide bonds.